The van der Waals surface area contributed by atoms with E-state index in [1.54, 1.807) is 13.2 Å². The second-order valence-corrected chi connectivity index (χ2v) is 8.54. The Labute approximate surface area is 173 Å². The molecule has 1 aromatic rings. The smallest absolute Gasteiger partial charge is 0.254 e. The standard InChI is InChI=1S/C22H33N5O2/c1-23-21(28)19-7-4-10-24-20(19)25-14-8-18(9-15-25)27-13-5-6-17(16-27)22(29)26-11-2-3-12-26/h4,7,10,17-18H,2-3,5-6,8-9,11-16H2,1H3,(H,23,28)/t17-/m0/s1. The van der Waals surface area contributed by atoms with Crippen molar-refractivity contribution < 1.29 is 9.59 Å². The molecule has 7 nitrogen and oxygen atoms in total. The van der Waals surface area contributed by atoms with E-state index in [2.05, 4.69) is 25.0 Å². The van der Waals surface area contributed by atoms with Crippen molar-refractivity contribution in [1.82, 2.24) is 20.1 Å². The van der Waals surface area contributed by atoms with Crippen molar-refractivity contribution in [2.75, 3.05) is 51.2 Å². The van der Waals surface area contributed by atoms with E-state index in [1.165, 1.54) is 0 Å². The molecule has 0 aromatic carbocycles. The van der Waals surface area contributed by atoms with E-state index >= 15 is 0 Å². The normalized spacial score (nSPS) is 24.0. The summed E-state index contributed by atoms with van der Waals surface area (Å²) in [6.07, 6.45) is 8.33. The zero-order valence-electron chi connectivity index (χ0n) is 17.5. The van der Waals surface area contributed by atoms with Crippen LogP contribution in [0.2, 0.25) is 0 Å². The maximum Gasteiger partial charge on any atom is 0.254 e. The molecule has 3 saturated heterocycles. The van der Waals surface area contributed by atoms with Crippen LogP contribution in [-0.2, 0) is 4.79 Å². The molecule has 1 aromatic heterocycles. The Kier molecular flexibility index (Phi) is 6.33. The van der Waals surface area contributed by atoms with Crippen molar-refractivity contribution in [2.24, 2.45) is 5.92 Å². The van der Waals surface area contributed by atoms with Crippen molar-refractivity contribution in [1.29, 1.82) is 0 Å². The summed E-state index contributed by atoms with van der Waals surface area (Å²) in [6.45, 7) is 5.70. The topological polar surface area (TPSA) is 68.8 Å². The Bertz CT molecular complexity index is 726. The average molecular weight is 400 g/mol. The number of nitrogens with one attached hydrogen (secondary N) is 1. The Morgan fingerprint density at radius 3 is 2.52 bits per heavy atom. The Morgan fingerprint density at radius 2 is 1.79 bits per heavy atom. The van der Waals surface area contributed by atoms with Crippen molar-refractivity contribution in [3.05, 3.63) is 23.9 Å². The van der Waals surface area contributed by atoms with Gasteiger partial charge in [0.05, 0.1) is 11.5 Å². The van der Waals surface area contributed by atoms with E-state index in [9.17, 15) is 9.59 Å². The predicted octanol–water partition coefficient (Wildman–Crippen LogP) is 1.74. The lowest BCUT2D eigenvalue weighted by atomic mass is 9.93. The second-order valence-electron chi connectivity index (χ2n) is 8.54. The van der Waals surface area contributed by atoms with Gasteiger partial charge < -0.3 is 15.1 Å². The van der Waals surface area contributed by atoms with Gasteiger partial charge in [0, 0.05) is 52.0 Å². The third-order valence-electron chi connectivity index (χ3n) is 6.76. The predicted molar refractivity (Wildman–Crippen MR) is 113 cm³/mol. The summed E-state index contributed by atoms with van der Waals surface area (Å²) in [5.74, 6) is 1.25. The monoisotopic (exact) mass is 399 g/mol. The molecule has 0 radical (unpaired) electrons. The van der Waals surface area contributed by atoms with E-state index in [-0.39, 0.29) is 11.8 Å². The first-order valence-electron chi connectivity index (χ1n) is 11.1. The minimum atomic E-state index is -0.0884. The number of hydrogen-bond donors (Lipinski definition) is 1. The first-order valence-corrected chi connectivity index (χ1v) is 11.1. The van der Waals surface area contributed by atoms with Crippen LogP contribution in [-0.4, -0.2) is 79.0 Å². The van der Waals surface area contributed by atoms with Crippen LogP contribution in [0.25, 0.3) is 0 Å². The van der Waals surface area contributed by atoms with Gasteiger partial charge in [-0.2, -0.15) is 0 Å². The lowest BCUT2D eigenvalue weighted by Crippen LogP contribution is -2.51. The molecule has 0 aliphatic carbocycles. The molecule has 0 bridgehead atoms. The van der Waals surface area contributed by atoms with Crippen LogP contribution in [0.4, 0.5) is 5.82 Å². The minimum absolute atomic E-state index is 0.0884. The summed E-state index contributed by atoms with van der Waals surface area (Å²) in [5, 5.41) is 2.71. The average Bonchev–Trinajstić information content (AvgIpc) is 3.33. The molecule has 1 atom stereocenters. The molecule has 3 fully saturated rings. The summed E-state index contributed by atoms with van der Waals surface area (Å²) in [4.78, 5) is 36.4. The van der Waals surface area contributed by atoms with Gasteiger partial charge in [0.1, 0.15) is 5.82 Å². The van der Waals surface area contributed by atoms with E-state index < -0.39 is 0 Å². The quantitative estimate of drug-likeness (QED) is 0.835. The largest absolute Gasteiger partial charge is 0.356 e. The minimum Gasteiger partial charge on any atom is -0.356 e. The summed E-state index contributed by atoms with van der Waals surface area (Å²) >= 11 is 0. The fourth-order valence-electron chi connectivity index (χ4n) is 5.14. The van der Waals surface area contributed by atoms with Gasteiger partial charge in [-0.25, -0.2) is 4.98 Å². The van der Waals surface area contributed by atoms with Gasteiger partial charge in [-0.1, -0.05) is 0 Å². The molecule has 158 valence electrons. The number of nitrogens with zero attached hydrogens (tertiary/aromatic N) is 4. The molecule has 7 heteroatoms. The number of pyridine rings is 1. The molecule has 3 aliphatic heterocycles. The van der Waals surface area contributed by atoms with E-state index in [0.29, 0.717) is 17.5 Å². The summed E-state index contributed by atoms with van der Waals surface area (Å²) in [6, 6.07) is 4.17. The van der Waals surface area contributed by atoms with E-state index in [1.807, 2.05) is 12.1 Å². The first-order chi connectivity index (χ1) is 14.2. The molecule has 0 spiro atoms. The van der Waals surface area contributed by atoms with Gasteiger partial charge in [-0.05, 0) is 57.2 Å². The molecule has 0 unspecified atom stereocenters. The number of hydrogen-bond acceptors (Lipinski definition) is 5. The van der Waals surface area contributed by atoms with Crippen LogP contribution in [0.1, 0.15) is 48.9 Å². The zero-order valence-corrected chi connectivity index (χ0v) is 17.5. The molecule has 0 saturated carbocycles. The highest BCUT2D eigenvalue weighted by Crippen LogP contribution is 2.28. The lowest BCUT2D eigenvalue weighted by Gasteiger charge is -2.43. The third-order valence-corrected chi connectivity index (χ3v) is 6.76. The molecule has 3 aliphatic rings. The van der Waals surface area contributed by atoms with Gasteiger partial charge in [-0.3, -0.25) is 14.5 Å². The number of aromatic nitrogens is 1. The SMILES string of the molecule is CNC(=O)c1cccnc1N1CCC(N2CCC[C@H](C(=O)N3CCCC3)C2)CC1. The second kappa shape index (κ2) is 9.11. The highest BCUT2D eigenvalue weighted by atomic mass is 16.2. The van der Waals surface area contributed by atoms with Gasteiger partial charge in [0.25, 0.3) is 5.91 Å². The lowest BCUT2D eigenvalue weighted by molar-refractivity contribution is -0.136. The van der Waals surface area contributed by atoms with Crippen LogP contribution < -0.4 is 10.2 Å². The Hall–Kier alpha value is -2.15. The fraction of sp³-hybridized carbons (Fsp3) is 0.682. The molecule has 4 rings (SSSR count). The molecule has 29 heavy (non-hydrogen) atoms. The highest BCUT2D eigenvalue weighted by Gasteiger charge is 2.34. The van der Waals surface area contributed by atoms with E-state index in [4.69, 9.17) is 0 Å². The molecule has 2 amide bonds. The van der Waals surface area contributed by atoms with Crippen molar-refractivity contribution in [3.8, 4) is 0 Å². The number of likely N-dealkylation sites (tertiary alicyclic amines) is 2. The molecule has 4 heterocycles. The molecule has 1 N–H and O–H groups in total. The number of piperidine rings is 2. The summed E-state index contributed by atoms with van der Waals surface area (Å²) < 4.78 is 0. The van der Waals surface area contributed by atoms with Crippen molar-refractivity contribution in [2.45, 2.75) is 44.6 Å². The van der Waals surface area contributed by atoms with Gasteiger partial charge in [0.15, 0.2) is 0 Å². The molecular weight excluding hydrogens is 366 g/mol. The zero-order chi connectivity index (χ0) is 20.2. The Balaban J connectivity index is 1.35. The number of carbonyl (C=O) groups is 2. The van der Waals surface area contributed by atoms with Crippen LogP contribution in [0.5, 0.6) is 0 Å². The third kappa shape index (κ3) is 4.39. The number of rotatable bonds is 4. The fourth-order valence-corrected chi connectivity index (χ4v) is 5.14. The first kappa shape index (κ1) is 20.1. The van der Waals surface area contributed by atoms with Gasteiger partial charge in [0.2, 0.25) is 5.91 Å². The van der Waals surface area contributed by atoms with Crippen LogP contribution in [0, 0.1) is 5.92 Å². The van der Waals surface area contributed by atoms with Crippen LogP contribution >= 0.6 is 0 Å². The van der Waals surface area contributed by atoms with Crippen LogP contribution in [0.3, 0.4) is 0 Å². The van der Waals surface area contributed by atoms with Gasteiger partial charge >= 0.3 is 0 Å². The highest BCUT2D eigenvalue weighted by molar-refractivity contribution is 5.98. The van der Waals surface area contributed by atoms with Crippen molar-refractivity contribution >= 4 is 17.6 Å². The van der Waals surface area contributed by atoms with Crippen LogP contribution in [0.15, 0.2) is 18.3 Å². The summed E-state index contributed by atoms with van der Waals surface area (Å²) in [7, 11) is 1.65. The molecular formula is C22H33N5O2. The Morgan fingerprint density at radius 1 is 1.03 bits per heavy atom. The van der Waals surface area contributed by atoms with Crippen molar-refractivity contribution in [3.63, 3.8) is 0 Å². The maximum absolute atomic E-state index is 12.8. The van der Waals surface area contributed by atoms with E-state index in [0.717, 1.165) is 83.6 Å². The summed E-state index contributed by atoms with van der Waals surface area (Å²) in [5.41, 5.74) is 0.641. The number of amides is 2. The number of anilines is 1. The maximum atomic E-state index is 12.8. The number of carbonyl (C=O) groups excluding carboxylic acids is 2. The van der Waals surface area contributed by atoms with Gasteiger partial charge in [-0.15, -0.1) is 0 Å².